The van der Waals surface area contributed by atoms with Crippen LogP contribution in [0.1, 0.15) is 60.4 Å². The summed E-state index contributed by atoms with van der Waals surface area (Å²) in [6.07, 6.45) is 8.06. The van der Waals surface area contributed by atoms with Gasteiger partial charge in [0, 0.05) is 15.5 Å². The van der Waals surface area contributed by atoms with E-state index in [2.05, 4.69) is 30.2 Å². The number of nitrogens with one attached hydrogen (secondary N) is 1. The Balaban J connectivity index is 1.83. The van der Waals surface area contributed by atoms with Gasteiger partial charge in [0.05, 0.1) is 6.04 Å². The van der Waals surface area contributed by atoms with Crippen LogP contribution in [0.2, 0.25) is 0 Å². The van der Waals surface area contributed by atoms with Gasteiger partial charge in [-0.05, 0) is 42.1 Å². The number of hydrogen-bond donors (Lipinski definition) is 2. The summed E-state index contributed by atoms with van der Waals surface area (Å²) in [6, 6.07) is 2.82. The van der Waals surface area contributed by atoms with Crippen molar-refractivity contribution < 1.29 is 0 Å². The second-order valence-electron chi connectivity index (χ2n) is 6.16. The van der Waals surface area contributed by atoms with Gasteiger partial charge in [-0.25, -0.2) is 0 Å². The molecule has 3 atom stereocenters. The van der Waals surface area contributed by atoms with Crippen molar-refractivity contribution in [2.45, 2.75) is 57.2 Å². The van der Waals surface area contributed by atoms with Crippen molar-refractivity contribution in [1.82, 2.24) is 5.43 Å². The zero-order chi connectivity index (χ0) is 13.9. The number of rotatable bonds is 4. The molecule has 3 rings (SSSR count). The lowest BCUT2D eigenvalue weighted by atomic mass is 9.74. The summed E-state index contributed by atoms with van der Waals surface area (Å²) in [7, 11) is 0. The van der Waals surface area contributed by atoms with Gasteiger partial charge in [-0.1, -0.05) is 32.6 Å². The van der Waals surface area contributed by atoms with Crippen LogP contribution in [0.25, 0.3) is 0 Å². The Morgan fingerprint density at radius 3 is 3.00 bits per heavy atom. The van der Waals surface area contributed by atoms with Crippen LogP contribution in [-0.4, -0.2) is 5.75 Å². The monoisotopic (exact) mass is 310 g/mol. The molecule has 1 saturated carbocycles. The van der Waals surface area contributed by atoms with E-state index in [4.69, 9.17) is 5.84 Å². The summed E-state index contributed by atoms with van der Waals surface area (Å²) in [6.45, 7) is 2.34. The normalized spacial score (nSPS) is 28.1. The molecule has 0 radical (unpaired) electrons. The van der Waals surface area contributed by atoms with E-state index in [1.807, 2.05) is 11.3 Å². The number of aryl methyl sites for hydroxylation is 1. The first kappa shape index (κ1) is 14.9. The first-order valence-corrected chi connectivity index (χ1v) is 9.96. The highest BCUT2D eigenvalue weighted by Crippen LogP contribution is 2.43. The van der Waals surface area contributed by atoms with Gasteiger partial charge < -0.3 is 0 Å². The Morgan fingerprint density at radius 1 is 1.40 bits per heavy atom. The summed E-state index contributed by atoms with van der Waals surface area (Å²) in [5, 5.41) is 0. The van der Waals surface area contributed by atoms with E-state index in [0.29, 0.717) is 6.04 Å². The molecule has 2 aliphatic rings. The Bertz CT molecular complexity index is 420. The van der Waals surface area contributed by atoms with Gasteiger partial charge in [0.2, 0.25) is 0 Å². The van der Waals surface area contributed by atoms with Crippen molar-refractivity contribution >= 4 is 23.1 Å². The van der Waals surface area contributed by atoms with Crippen LogP contribution in [0, 0.1) is 11.8 Å². The molecule has 1 aromatic rings. The van der Waals surface area contributed by atoms with Crippen LogP contribution in [0.15, 0.2) is 6.07 Å². The van der Waals surface area contributed by atoms with Crippen molar-refractivity contribution in [3.05, 3.63) is 21.4 Å². The molecular formula is C16H26N2S2. The van der Waals surface area contributed by atoms with E-state index in [0.717, 1.165) is 11.8 Å². The largest absolute Gasteiger partial charge is 0.271 e. The molecule has 3 N–H and O–H groups in total. The molecule has 1 aliphatic heterocycles. The first-order valence-electron chi connectivity index (χ1n) is 7.98. The van der Waals surface area contributed by atoms with Crippen LogP contribution in [0.5, 0.6) is 0 Å². The molecule has 0 aromatic carbocycles. The third kappa shape index (κ3) is 2.94. The van der Waals surface area contributed by atoms with E-state index < -0.39 is 0 Å². The summed E-state index contributed by atoms with van der Waals surface area (Å²) >= 11 is 4.08. The molecule has 20 heavy (non-hydrogen) atoms. The number of thiophene rings is 1. The van der Waals surface area contributed by atoms with Crippen LogP contribution in [-0.2, 0) is 12.2 Å². The minimum atomic E-state index is 0.376. The fourth-order valence-corrected chi connectivity index (χ4v) is 6.43. The highest BCUT2D eigenvalue weighted by Gasteiger charge is 2.32. The Labute approximate surface area is 130 Å². The third-order valence-corrected chi connectivity index (χ3v) is 7.38. The third-order valence-electron chi connectivity index (χ3n) is 5.05. The van der Waals surface area contributed by atoms with E-state index in [-0.39, 0.29) is 0 Å². The first-order chi connectivity index (χ1) is 9.83. The van der Waals surface area contributed by atoms with Crippen LogP contribution in [0.3, 0.4) is 0 Å². The van der Waals surface area contributed by atoms with Gasteiger partial charge in [0.15, 0.2) is 0 Å². The topological polar surface area (TPSA) is 38.0 Å². The molecule has 4 heteroatoms. The molecular weight excluding hydrogens is 284 g/mol. The van der Waals surface area contributed by atoms with Gasteiger partial charge in [0.25, 0.3) is 0 Å². The number of hydrazine groups is 1. The smallest absolute Gasteiger partial charge is 0.0584 e. The molecule has 2 nitrogen and oxygen atoms in total. The van der Waals surface area contributed by atoms with Crippen LogP contribution in [0.4, 0.5) is 0 Å². The predicted molar refractivity (Wildman–Crippen MR) is 90.0 cm³/mol. The molecule has 1 fully saturated rings. The van der Waals surface area contributed by atoms with E-state index in [1.54, 1.807) is 10.4 Å². The van der Waals surface area contributed by atoms with Gasteiger partial charge in [-0.15, -0.1) is 11.3 Å². The van der Waals surface area contributed by atoms with E-state index in [1.165, 1.54) is 54.9 Å². The average Bonchev–Trinajstić information content (AvgIpc) is 2.92. The number of hydrogen-bond acceptors (Lipinski definition) is 4. The fourth-order valence-electron chi connectivity index (χ4n) is 3.92. The van der Waals surface area contributed by atoms with Crippen molar-refractivity contribution in [2.75, 3.05) is 5.75 Å². The van der Waals surface area contributed by atoms with E-state index in [9.17, 15) is 0 Å². The number of thioether (sulfide) groups is 1. The van der Waals surface area contributed by atoms with Crippen LogP contribution >= 0.6 is 23.1 Å². The minimum Gasteiger partial charge on any atom is -0.271 e. The molecule has 1 aliphatic carbocycles. The molecule has 2 heterocycles. The average molecular weight is 311 g/mol. The Hall–Kier alpha value is -0.0300. The zero-order valence-electron chi connectivity index (χ0n) is 12.4. The second kappa shape index (κ2) is 6.82. The second-order valence-corrected chi connectivity index (χ2v) is 8.43. The quantitative estimate of drug-likeness (QED) is 0.644. The predicted octanol–water partition coefficient (Wildman–Crippen LogP) is 4.26. The lowest BCUT2D eigenvalue weighted by molar-refractivity contribution is 0.178. The standard InChI is InChI=1S/C16H26N2S2/c1-2-11-5-3-4-6-13(11)16(18-17)15-9-12-10-19-8-7-14(12)20-15/h9,11,13,16,18H,2-8,10,17H2,1H3. The summed E-state index contributed by atoms with van der Waals surface area (Å²) in [4.78, 5) is 3.10. The van der Waals surface area contributed by atoms with Crippen molar-refractivity contribution in [2.24, 2.45) is 17.7 Å². The highest BCUT2D eigenvalue weighted by molar-refractivity contribution is 7.98. The van der Waals surface area contributed by atoms with Crippen molar-refractivity contribution in [3.63, 3.8) is 0 Å². The van der Waals surface area contributed by atoms with E-state index >= 15 is 0 Å². The molecule has 0 saturated heterocycles. The fraction of sp³-hybridized carbons (Fsp3) is 0.750. The zero-order valence-corrected chi connectivity index (χ0v) is 14.0. The van der Waals surface area contributed by atoms with Crippen molar-refractivity contribution in [3.8, 4) is 0 Å². The van der Waals surface area contributed by atoms with Gasteiger partial charge in [-0.2, -0.15) is 11.8 Å². The highest BCUT2D eigenvalue weighted by atomic mass is 32.2. The maximum absolute atomic E-state index is 5.96. The SMILES string of the molecule is CCC1CCCCC1C(NN)c1cc2c(s1)CCSC2. The molecule has 3 unspecified atom stereocenters. The van der Waals surface area contributed by atoms with Gasteiger partial charge in [0.1, 0.15) is 0 Å². The molecule has 0 amide bonds. The summed E-state index contributed by atoms with van der Waals surface area (Å²) in [5.41, 5.74) is 4.74. The molecule has 0 bridgehead atoms. The summed E-state index contributed by atoms with van der Waals surface area (Å²) in [5.74, 6) is 10.0. The lowest BCUT2D eigenvalue weighted by Gasteiger charge is -2.36. The number of fused-ring (bicyclic) bond motifs is 1. The van der Waals surface area contributed by atoms with Crippen molar-refractivity contribution in [1.29, 1.82) is 0 Å². The molecule has 0 spiro atoms. The Kier molecular flexibility index (Phi) is 5.08. The minimum absolute atomic E-state index is 0.376. The van der Waals surface area contributed by atoms with Crippen LogP contribution < -0.4 is 11.3 Å². The maximum Gasteiger partial charge on any atom is 0.0584 e. The Morgan fingerprint density at radius 2 is 2.25 bits per heavy atom. The maximum atomic E-state index is 5.96. The summed E-state index contributed by atoms with van der Waals surface area (Å²) < 4.78 is 0. The molecule has 1 aromatic heterocycles. The van der Waals surface area contributed by atoms with Gasteiger partial charge >= 0.3 is 0 Å². The number of nitrogens with two attached hydrogens (primary N) is 1. The van der Waals surface area contributed by atoms with Gasteiger partial charge in [-0.3, -0.25) is 11.3 Å². The molecule has 112 valence electrons. The lowest BCUT2D eigenvalue weighted by Crippen LogP contribution is -2.37.